The molecule has 0 aliphatic carbocycles. The Labute approximate surface area is 173 Å². The van der Waals surface area contributed by atoms with Crippen molar-refractivity contribution in [3.63, 3.8) is 0 Å². The summed E-state index contributed by atoms with van der Waals surface area (Å²) in [5.74, 6) is 1.14. The molecule has 1 fully saturated rings. The smallest absolute Gasteiger partial charge is 0.264 e. The summed E-state index contributed by atoms with van der Waals surface area (Å²) in [6, 6.07) is 12.9. The molecule has 0 atom stereocenters. The second-order valence-corrected chi connectivity index (χ2v) is 7.68. The maximum absolute atomic E-state index is 12.3. The number of thioether (sulfide) groups is 1. The monoisotopic (exact) mass is 416 g/mol. The first-order valence-electron chi connectivity index (χ1n) is 8.94. The van der Waals surface area contributed by atoms with Crippen LogP contribution in [0.3, 0.4) is 0 Å². The molecule has 2 aromatic rings. The van der Waals surface area contributed by atoms with Crippen LogP contribution in [0.5, 0.6) is 11.5 Å². The van der Waals surface area contributed by atoms with E-state index in [4.69, 9.17) is 21.1 Å². The number of rotatable bonds is 6. The molecule has 1 aliphatic rings. The molecular weight excluding hydrogens is 396 g/mol. The molecule has 28 heavy (non-hydrogen) atoms. The molecule has 0 unspecified atom stereocenters. The SMILES string of the molecule is CCOc1cc(C=C2SC(=Nc3ccccc3Cl)NC2=O)ccc1OC(C)C. The molecule has 146 valence electrons. The van der Waals surface area contributed by atoms with Gasteiger partial charge in [0, 0.05) is 0 Å². The minimum absolute atomic E-state index is 0.0446. The molecule has 1 aliphatic heterocycles. The van der Waals surface area contributed by atoms with Gasteiger partial charge in [-0.1, -0.05) is 29.8 Å². The molecule has 0 radical (unpaired) electrons. The molecule has 0 aromatic heterocycles. The summed E-state index contributed by atoms with van der Waals surface area (Å²) in [6.45, 7) is 6.37. The Balaban J connectivity index is 1.84. The van der Waals surface area contributed by atoms with Crippen LogP contribution in [0, 0.1) is 0 Å². The highest BCUT2D eigenvalue weighted by Gasteiger charge is 2.24. The molecule has 2 aromatic carbocycles. The summed E-state index contributed by atoms with van der Waals surface area (Å²) in [6.07, 6.45) is 1.85. The Kier molecular flexibility index (Phi) is 6.65. The third-order valence-corrected chi connectivity index (χ3v) is 4.88. The van der Waals surface area contributed by atoms with Crippen LogP contribution in [0.1, 0.15) is 26.3 Å². The number of amidine groups is 1. The number of nitrogens with zero attached hydrogens (tertiary/aromatic N) is 1. The first-order chi connectivity index (χ1) is 13.5. The number of benzene rings is 2. The summed E-state index contributed by atoms with van der Waals surface area (Å²) in [5, 5.41) is 3.79. The first-order valence-corrected chi connectivity index (χ1v) is 10.1. The number of carbonyl (C=O) groups is 1. The van der Waals surface area contributed by atoms with Gasteiger partial charge >= 0.3 is 0 Å². The highest BCUT2D eigenvalue weighted by molar-refractivity contribution is 8.18. The maximum Gasteiger partial charge on any atom is 0.264 e. The van der Waals surface area contributed by atoms with Crippen molar-refractivity contribution in [2.75, 3.05) is 6.61 Å². The van der Waals surface area contributed by atoms with Crippen molar-refractivity contribution in [2.24, 2.45) is 4.99 Å². The summed E-state index contributed by atoms with van der Waals surface area (Å²) >= 11 is 7.40. The lowest BCUT2D eigenvalue weighted by atomic mass is 10.2. The van der Waals surface area contributed by atoms with Gasteiger partial charge in [0.15, 0.2) is 16.7 Å². The second-order valence-electron chi connectivity index (χ2n) is 6.24. The zero-order valence-corrected chi connectivity index (χ0v) is 17.4. The van der Waals surface area contributed by atoms with Crippen LogP contribution in [-0.2, 0) is 4.79 Å². The summed E-state index contributed by atoms with van der Waals surface area (Å²) in [5.41, 5.74) is 1.46. The van der Waals surface area contributed by atoms with Gasteiger partial charge in [0.05, 0.1) is 28.3 Å². The van der Waals surface area contributed by atoms with Crippen LogP contribution in [0.25, 0.3) is 6.08 Å². The lowest BCUT2D eigenvalue weighted by Crippen LogP contribution is -2.19. The third-order valence-electron chi connectivity index (χ3n) is 3.65. The van der Waals surface area contributed by atoms with E-state index in [9.17, 15) is 4.79 Å². The Morgan fingerprint density at radius 1 is 1.21 bits per heavy atom. The van der Waals surface area contributed by atoms with Crippen molar-refractivity contribution in [1.29, 1.82) is 0 Å². The molecule has 1 amide bonds. The highest BCUT2D eigenvalue weighted by atomic mass is 35.5. The molecule has 7 heteroatoms. The number of aliphatic imine (C=N–C) groups is 1. The van der Waals surface area contributed by atoms with E-state index in [0.717, 1.165) is 5.56 Å². The lowest BCUT2D eigenvalue weighted by Gasteiger charge is -2.15. The van der Waals surface area contributed by atoms with Crippen LogP contribution < -0.4 is 14.8 Å². The van der Waals surface area contributed by atoms with E-state index < -0.39 is 0 Å². The standard InChI is InChI=1S/C21H21ClN2O3S/c1-4-26-18-11-14(9-10-17(18)27-13(2)3)12-19-20(25)24-21(28-19)23-16-8-6-5-7-15(16)22/h5-13H,4H2,1-3H3,(H,23,24,25). The molecule has 0 spiro atoms. The van der Waals surface area contributed by atoms with Gasteiger partial charge in [-0.05, 0) is 68.4 Å². The van der Waals surface area contributed by atoms with Gasteiger partial charge in [0.1, 0.15) is 0 Å². The van der Waals surface area contributed by atoms with Crippen LogP contribution in [0.15, 0.2) is 52.4 Å². The van der Waals surface area contributed by atoms with E-state index in [1.165, 1.54) is 11.8 Å². The molecule has 1 N–H and O–H groups in total. The first kappa shape index (κ1) is 20.3. The molecule has 1 saturated heterocycles. The Morgan fingerprint density at radius 3 is 2.71 bits per heavy atom. The predicted molar refractivity (Wildman–Crippen MR) is 116 cm³/mol. The van der Waals surface area contributed by atoms with Gasteiger partial charge < -0.3 is 14.8 Å². The number of para-hydroxylation sites is 1. The molecule has 1 heterocycles. The number of ether oxygens (including phenoxy) is 2. The van der Waals surface area contributed by atoms with E-state index in [1.807, 2.05) is 51.1 Å². The van der Waals surface area contributed by atoms with E-state index in [-0.39, 0.29) is 12.0 Å². The average Bonchev–Trinajstić information content (AvgIpc) is 2.98. The summed E-state index contributed by atoms with van der Waals surface area (Å²) in [7, 11) is 0. The van der Waals surface area contributed by atoms with Crippen molar-refractivity contribution < 1.29 is 14.3 Å². The van der Waals surface area contributed by atoms with Gasteiger partial charge in [0.2, 0.25) is 0 Å². The Bertz CT molecular complexity index is 941. The second kappa shape index (κ2) is 9.17. The van der Waals surface area contributed by atoms with Crippen molar-refractivity contribution in [3.05, 3.63) is 58.0 Å². The van der Waals surface area contributed by atoms with E-state index in [0.29, 0.717) is 38.9 Å². The van der Waals surface area contributed by atoms with Crippen molar-refractivity contribution in [3.8, 4) is 11.5 Å². The van der Waals surface area contributed by atoms with Crippen molar-refractivity contribution in [1.82, 2.24) is 5.32 Å². The summed E-state index contributed by atoms with van der Waals surface area (Å²) in [4.78, 5) is 17.3. The fourth-order valence-electron chi connectivity index (χ4n) is 2.52. The zero-order valence-electron chi connectivity index (χ0n) is 15.9. The molecule has 5 nitrogen and oxygen atoms in total. The fraction of sp³-hybridized carbons (Fsp3) is 0.238. The van der Waals surface area contributed by atoms with Gasteiger partial charge in [-0.25, -0.2) is 4.99 Å². The van der Waals surface area contributed by atoms with E-state index in [2.05, 4.69) is 10.3 Å². The number of hydrogen-bond acceptors (Lipinski definition) is 5. The van der Waals surface area contributed by atoms with E-state index >= 15 is 0 Å². The quantitative estimate of drug-likeness (QED) is 0.639. The van der Waals surface area contributed by atoms with Gasteiger partial charge in [0.25, 0.3) is 5.91 Å². The Hall–Kier alpha value is -2.44. The minimum atomic E-state index is -0.198. The fourth-order valence-corrected chi connectivity index (χ4v) is 3.53. The topological polar surface area (TPSA) is 59.9 Å². The highest BCUT2D eigenvalue weighted by Crippen LogP contribution is 2.33. The molecule has 0 saturated carbocycles. The zero-order chi connectivity index (χ0) is 20.1. The molecule has 3 rings (SSSR count). The number of halogens is 1. The average molecular weight is 417 g/mol. The van der Waals surface area contributed by atoms with E-state index in [1.54, 1.807) is 18.2 Å². The number of carbonyl (C=O) groups excluding carboxylic acids is 1. The number of nitrogens with one attached hydrogen (secondary N) is 1. The Morgan fingerprint density at radius 2 is 2.00 bits per heavy atom. The predicted octanol–water partition coefficient (Wildman–Crippen LogP) is 5.42. The van der Waals surface area contributed by atoms with Crippen LogP contribution in [0.4, 0.5) is 5.69 Å². The number of amides is 1. The van der Waals surface area contributed by atoms with Crippen LogP contribution >= 0.6 is 23.4 Å². The van der Waals surface area contributed by atoms with Gasteiger partial charge in [-0.15, -0.1) is 0 Å². The third kappa shape index (κ3) is 5.09. The summed E-state index contributed by atoms with van der Waals surface area (Å²) < 4.78 is 11.5. The molecular formula is C21H21ClN2O3S. The van der Waals surface area contributed by atoms with Gasteiger partial charge in [-0.2, -0.15) is 0 Å². The van der Waals surface area contributed by atoms with Gasteiger partial charge in [-0.3, -0.25) is 4.79 Å². The number of hydrogen-bond donors (Lipinski definition) is 1. The lowest BCUT2D eigenvalue weighted by molar-refractivity contribution is -0.115. The van der Waals surface area contributed by atoms with Crippen LogP contribution in [0.2, 0.25) is 5.02 Å². The maximum atomic E-state index is 12.3. The normalized spacial score (nSPS) is 16.7. The minimum Gasteiger partial charge on any atom is -0.490 e. The van der Waals surface area contributed by atoms with Crippen molar-refractivity contribution in [2.45, 2.75) is 26.9 Å². The van der Waals surface area contributed by atoms with Crippen molar-refractivity contribution >= 4 is 46.2 Å². The molecule has 0 bridgehead atoms. The largest absolute Gasteiger partial charge is 0.490 e. The van der Waals surface area contributed by atoms with Crippen LogP contribution in [-0.4, -0.2) is 23.8 Å².